The normalized spacial score (nSPS) is 14.0. The summed E-state index contributed by atoms with van der Waals surface area (Å²) in [4.78, 5) is 12.9. The molecular weight excluding hydrogens is 252 g/mol. The average molecular weight is 266 g/mol. The van der Waals surface area contributed by atoms with Gasteiger partial charge in [0.25, 0.3) is 0 Å². The summed E-state index contributed by atoms with van der Waals surface area (Å²) in [6.07, 6.45) is 7.26. The molecule has 0 amide bonds. The van der Waals surface area contributed by atoms with Crippen LogP contribution in [0.15, 0.2) is 30.9 Å². The number of hydrogen-bond acceptors (Lipinski definition) is 5. The number of anilines is 1. The van der Waals surface area contributed by atoms with Crippen molar-refractivity contribution >= 4 is 16.9 Å². The third-order valence-corrected chi connectivity index (χ3v) is 3.54. The summed E-state index contributed by atoms with van der Waals surface area (Å²) in [5.74, 6) is 0.903. The molecule has 0 saturated carbocycles. The van der Waals surface area contributed by atoms with Gasteiger partial charge >= 0.3 is 0 Å². The quantitative estimate of drug-likeness (QED) is 0.763. The van der Waals surface area contributed by atoms with Crippen molar-refractivity contribution in [1.82, 2.24) is 24.7 Å². The minimum atomic E-state index is 0.681. The molecule has 3 aromatic rings. The van der Waals surface area contributed by atoms with E-state index in [9.17, 15) is 0 Å². The van der Waals surface area contributed by atoms with Crippen LogP contribution in [-0.2, 0) is 13.0 Å². The molecule has 0 bridgehead atoms. The van der Waals surface area contributed by atoms with Gasteiger partial charge in [-0.3, -0.25) is 4.98 Å². The SMILES string of the molecule is c1cncc(Cn2nc3c4c(ncnc42)NCCC3)c1. The lowest BCUT2D eigenvalue weighted by atomic mass is 10.2. The molecule has 6 nitrogen and oxygen atoms in total. The van der Waals surface area contributed by atoms with Gasteiger partial charge in [0.1, 0.15) is 12.1 Å². The Morgan fingerprint density at radius 1 is 1.30 bits per heavy atom. The predicted molar refractivity (Wildman–Crippen MR) is 75.5 cm³/mol. The molecule has 1 N–H and O–H groups in total. The van der Waals surface area contributed by atoms with E-state index in [2.05, 4.69) is 20.3 Å². The molecule has 0 aliphatic carbocycles. The van der Waals surface area contributed by atoms with Gasteiger partial charge in [-0.25, -0.2) is 14.6 Å². The van der Waals surface area contributed by atoms with Gasteiger partial charge in [0.15, 0.2) is 5.65 Å². The Balaban J connectivity index is 1.85. The van der Waals surface area contributed by atoms with Crippen LogP contribution in [0, 0.1) is 0 Å². The van der Waals surface area contributed by atoms with E-state index in [-0.39, 0.29) is 0 Å². The van der Waals surface area contributed by atoms with Gasteiger partial charge in [0.2, 0.25) is 0 Å². The van der Waals surface area contributed by atoms with E-state index in [4.69, 9.17) is 5.10 Å². The third kappa shape index (κ3) is 1.80. The Kier molecular flexibility index (Phi) is 2.58. The van der Waals surface area contributed by atoms with Crippen molar-refractivity contribution in [2.24, 2.45) is 0 Å². The van der Waals surface area contributed by atoms with Gasteiger partial charge in [-0.2, -0.15) is 5.10 Å². The lowest BCUT2D eigenvalue weighted by Crippen LogP contribution is -2.06. The van der Waals surface area contributed by atoms with Crippen molar-refractivity contribution in [2.75, 3.05) is 11.9 Å². The van der Waals surface area contributed by atoms with E-state index in [1.807, 2.05) is 23.0 Å². The lowest BCUT2D eigenvalue weighted by molar-refractivity contribution is 0.677. The van der Waals surface area contributed by atoms with Crippen LogP contribution in [0.3, 0.4) is 0 Å². The van der Waals surface area contributed by atoms with Crippen LogP contribution >= 0.6 is 0 Å². The van der Waals surface area contributed by atoms with E-state index in [0.29, 0.717) is 6.54 Å². The highest BCUT2D eigenvalue weighted by molar-refractivity contribution is 5.89. The van der Waals surface area contributed by atoms with Gasteiger partial charge in [-0.05, 0) is 24.5 Å². The maximum atomic E-state index is 4.72. The molecule has 1 aliphatic rings. The van der Waals surface area contributed by atoms with Crippen LogP contribution in [0.4, 0.5) is 5.82 Å². The maximum Gasteiger partial charge on any atom is 0.163 e. The number of aromatic nitrogens is 5. The Bertz CT molecular complexity index is 749. The summed E-state index contributed by atoms with van der Waals surface area (Å²) in [5, 5.41) is 9.14. The van der Waals surface area contributed by atoms with Crippen molar-refractivity contribution < 1.29 is 0 Å². The lowest BCUT2D eigenvalue weighted by Gasteiger charge is -2.05. The maximum absolute atomic E-state index is 4.72. The molecular formula is C14H14N6. The summed E-state index contributed by atoms with van der Waals surface area (Å²) in [6, 6.07) is 3.99. The van der Waals surface area contributed by atoms with Crippen molar-refractivity contribution in [3.8, 4) is 0 Å². The molecule has 20 heavy (non-hydrogen) atoms. The first-order valence-electron chi connectivity index (χ1n) is 6.75. The highest BCUT2D eigenvalue weighted by Crippen LogP contribution is 2.26. The summed E-state index contributed by atoms with van der Waals surface area (Å²) in [5.41, 5.74) is 3.10. The fourth-order valence-electron chi connectivity index (χ4n) is 2.63. The zero-order valence-corrected chi connectivity index (χ0v) is 11.0. The van der Waals surface area contributed by atoms with Crippen LogP contribution in [-0.4, -0.2) is 31.3 Å². The average Bonchev–Trinajstić information content (AvgIpc) is 2.70. The van der Waals surface area contributed by atoms with E-state index in [1.165, 1.54) is 0 Å². The molecule has 4 heterocycles. The van der Waals surface area contributed by atoms with E-state index < -0.39 is 0 Å². The molecule has 100 valence electrons. The second kappa shape index (κ2) is 4.56. The highest BCUT2D eigenvalue weighted by Gasteiger charge is 2.18. The molecule has 3 aromatic heterocycles. The molecule has 0 unspecified atom stereocenters. The van der Waals surface area contributed by atoms with Crippen LogP contribution in [0.1, 0.15) is 17.7 Å². The Morgan fingerprint density at radius 2 is 2.30 bits per heavy atom. The van der Waals surface area contributed by atoms with E-state index in [1.54, 1.807) is 12.5 Å². The van der Waals surface area contributed by atoms with Crippen molar-refractivity contribution in [3.63, 3.8) is 0 Å². The number of rotatable bonds is 2. The largest absolute Gasteiger partial charge is 0.369 e. The van der Waals surface area contributed by atoms with Crippen LogP contribution < -0.4 is 5.32 Å². The van der Waals surface area contributed by atoms with E-state index >= 15 is 0 Å². The fourth-order valence-corrected chi connectivity index (χ4v) is 2.63. The van der Waals surface area contributed by atoms with Gasteiger partial charge < -0.3 is 5.32 Å². The number of aryl methyl sites for hydroxylation is 1. The van der Waals surface area contributed by atoms with Gasteiger partial charge in [-0.15, -0.1) is 0 Å². The molecule has 0 radical (unpaired) electrons. The standard InChI is InChI=1S/C14H14N6/c1-3-10(7-15-5-1)8-20-14-12-11(19-20)4-2-6-16-13(12)17-9-18-14/h1,3,5,7,9H,2,4,6,8H2,(H,16,17,18). The molecule has 0 aromatic carbocycles. The Hall–Kier alpha value is -2.50. The minimum absolute atomic E-state index is 0.681. The number of hydrogen-bond donors (Lipinski definition) is 1. The fraction of sp³-hybridized carbons (Fsp3) is 0.286. The smallest absolute Gasteiger partial charge is 0.163 e. The summed E-state index contributed by atoms with van der Waals surface area (Å²) >= 11 is 0. The monoisotopic (exact) mass is 266 g/mol. The van der Waals surface area contributed by atoms with Gasteiger partial charge in [0.05, 0.1) is 17.6 Å². The zero-order chi connectivity index (χ0) is 13.4. The van der Waals surface area contributed by atoms with E-state index in [0.717, 1.165) is 47.5 Å². The Labute approximate surface area is 115 Å². The Morgan fingerprint density at radius 3 is 3.20 bits per heavy atom. The van der Waals surface area contributed by atoms with Gasteiger partial charge in [-0.1, -0.05) is 6.07 Å². The van der Waals surface area contributed by atoms with Crippen molar-refractivity contribution in [1.29, 1.82) is 0 Å². The molecule has 6 heteroatoms. The first kappa shape index (κ1) is 11.3. The first-order chi connectivity index (χ1) is 9.92. The number of nitrogens with zero attached hydrogens (tertiary/aromatic N) is 5. The second-order valence-electron chi connectivity index (χ2n) is 4.92. The summed E-state index contributed by atoms with van der Waals surface area (Å²) < 4.78 is 1.94. The summed E-state index contributed by atoms with van der Waals surface area (Å²) in [6.45, 7) is 1.62. The molecule has 0 saturated heterocycles. The first-order valence-corrected chi connectivity index (χ1v) is 6.75. The summed E-state index contributed by atoms with van der Waals surface area (Å²) in [7, 11) is 0. The van der Waals surface area contributed by atoms with Crippen LogP contribution in [0.2, 0.25) is 0 Å². The van der Waals surface area contributed by atoms with Crippen LogP contribution in [0.5, 0.6) is 0 Å². The second-order valence-corrected chi connectivity index (χ2v) is 4.92. The number of nitrogens with one attached hydrogen (secondary N) is 1. The third-order valence-electron chi connectivity index (χ3n) is 3.54. The zero-order valence-electron chi connectivity index (χ0n) is 11.0. The molecule has 4 rings (SSSR count). The molecule has 0 atom stereocenters. The van der Waals surface area contributed by atoms with Crippen molar-refractivity contribution in [3.05, 3.63) is 42.1 Å². The molecule has 0 spiro atoms. The highest BCUT2D eigenvalue weighted by atomic mass is 15.3. The van der Waals surface area contributed by atoms with Gasteiger partial charge in [0, 0.05) is 18.9 Å². The molecule has 0 fully saturated rings. The minimum Gasteiger partial charge on any atom is -0.369 e. The molecule has 1 aliphatic heterocycles. The van der Waals surface area contributed by atoms with Crippen LogP contribution in [0.25, 0.3) is 11.0 Å². The predicted octanol–water partition coefficient (Wildman–Crippen LogP) is 1.63. The topological polar surface area (TPSA) is 68.5 Å². The number of pyridine rings is 1. The van der Waals surface area contributed by atoms with Crippen molar-refractivity contribution in [2.45, 2.75) is 19.4 Å².